The second kappa shape index (κ2) is 16.2. The van der Waals surface area contributed by atoms with Gasteiger partial charge in [-0.05, 0) is 48.2 Å². The molecule has 0 saturated carbocycles. The number of hydrogen-bond acceptors (Lipinski definition) is 5. The molecule has 246 valence electrons. The van der Waals surface area contributed by atoms with E-state index in [0.29, 0.717) is 31.6 Å². The summed E-state index contributed by atoms with van der Waals surface area (Å²) in [4.78, 5) is 36.0. The SMILES string of the molecule is COC(=O)CCC(=O)N(CCCN)[C@@H](c1cc(-c2cc(F)ccc2F)cn1Cc1ccccc1)C(C)(C)C.O=C(O)C(F)(F)F. The highest BCUT2D eigenvalue weighted by atomic mass is 19.4. The van der Waals surface area contributed by atoms with Crippen molar-refractivity contribution < 1.29 is 46.2 Å². The van der Waals surface area contributed by atoms with Crippen molar-refractivity contribution in [1.29, 1.82) is 0 Å². The largest absolute Gasteiger partial charge is 0.490 e. The molecule has 3 aromatic rings. The normalized spacial score (nSPS) is 12.1. The number of nitrogens with zero attached hydrogens (tertiary/aromatic N) is 2. The van der Waals surface area contributed by atoms with Crippen LogP contribution in [0, 0.1) is 17.0 Å². The Morgan fingerprint density at radius 3 is 2.16 bits per heavy atom. The first-order valence-electron chi connectivity index (χ1n) is 14.1. The summed E-state index contributed by atoms with van der Waals surface area (Å²) in [7, 11) is 1.29. The van der Waals surface area contributed by atoms with Crippen molar-refractivity contribution in [3.05, 3.63) is 83.7 Å². The molecule has 0 saturated heterocycles. The zero-order valence-electron chi connectivity index (χ0n) is 25.5. The highest BCUT2D eigenvalue weighted by Crippen LogP contribution is 2.41. The lowest BCUT2D eigenvalue weighted by molar-refractivity contribution is -0.192. The molecule has 8 nitrogen and oxygen atoms in total. The van der Waals surface area contributed by atoms with E-state index in [2.05, 4.69) is 0 Å². The molecule has 1 atom stereocenters. The third-order valence-corrected chi connectivity index (χ3v) is 6.71. The zero-order chi connectivity index (χ0) is 33.9. The van der Waals surface area contributed by atoms with Crippen molar-refractivity contribution in [2.45, 2.75) is 58.8 Å². The highest BCUT2D eigenvalue weighted by molar-refractivity contribution is 5.82. The van der Waals surface area contributed by atoms with E-state index in [1.165, 1.54) is 13.2 Å². The quantitative estimate of drug-likeness (QED) is 0.187. The van der Waals surface area contributed by atoms with Gasteiger partial charge < -0.3 is 25.0 Å². The number of nitrogens with two attached hydrogens (primary N) is 1. The molecule has 0 aliphatic carbocycles. The topological polar surface area (TPSA) is 115 Å². The van der Waals surface area contributed by atoms with E-state index in [4.69, 9.17) is 20.4 Å². The van der Waals surface area contributed by atoms with Gasteiger partial charge in [0, 0.05) is 42.5 Å². The molecule has 1 heterocycles. The van der Waals surface area contributed by atoms with Crippen molar-refractivity contribution in [1.82, 2.24) is 9.47 Å². The maximum Gasteiger partial charge on any atom is 0.490 e. The summed E-state index contributed by atoms with van der Waals surface area (Å²) in [5, 5.41) is 7.12. The van der Waals surface area contributed by atoms with E-state index in [-0.39, 0.29) is 24.3 Å². The summed E-state index contributed by atoms with van der Waals surface area (Å²) < 4.78 is 67.4. The Bertz CT molecular complexity index is 1440. The van der Waals surface area contributed by atoms with Crippen molar-refractivity contribution in [3.8, 4) is 11.1 Å². The Hall–Kier alpha value is -4.26. The smallest absolute Gasteiger partial charge is 0.475 e. The minimum absolute atomic E-state index is 0.00536. The Labute approximate surface area is 258 Å². The third-order valence-electron chi connectivity index (χ3n) is 6.71. The van der Waals surface area contributed by atoms with Crippen molar-refractivity contribution >= 4 is 17.8 Å². The van der Waals surface area contributed by atoms with Gasteiger partial charge in [0.1, 0.15) is 11.6 Å². The van der Waals surface area contributed by atoms with Crippen LogP contribution < -0.4 is 5.73 Å². The fourth-order valence-electron chi connectivity index (χ4n) is 4.73. The van der Waals surface area contributed by atoms with Crippen LogP contribution in [0.4, 0.5) is 22.0 Å². The van der Waals surface area contributed by atoms with Crippen LogP contribution in [0.1, 0.15) is 57.3 Å². The van der Waals surface area contributed by atoms with Gasteiger partial charge in [-0.15, -0.1) is 0 Å². The Balaban J connectivity index is 0.000000900. The molecule has 0 spiro atoms. The molecule has 0 unspecified atom stereocenters. The number of methoxy groups -OCH3 is 1. The van der Waals surface area contributed by atoms with Crippen LogP contribution in [0.15, 0.2) is 60.8 Å². The van der Waals surface area contributed by atoms with Crippen molar-refractivity contribution in [2.75, 3.05) is 20.2 Å². The highest BCUT2D eigenvalue weighted by Gasteiger charge is 2.38. The summed E-state index contributed by atoms with van der Waals surface area (Å²) in [5.74, 6) is -4.48. The number of halogens is 5. The fourth-order valence-corrected chi connectivity index (χ4v) is 4.73. The number of rotatable bonds is 11. The monoisotopic (exact) mass is 639 g/mol. The van der Waals surface area contributed by atoms with E-state index in [0.717, 1.165) is 23.4 Å². The van der Waals surface area contributed by atoms with E-state index in [1.807, 2.05) is 61.7 Å². The summed E-state index contributed by atoms with van der Waals surface area (Å²) in [6, 6.07) is 14.6. The average molecular weight is 640 g/mol. The zero-order valence-corrected chi connectivity index (χ0v) is 25.5. The maximum absolute atomic E-state index is 14.8. The Morgan fingerprint density at radius 1 is 1.00 bits per heavy atom. The molecule has 0 fully saturated rings. The molecule has 1 aromatic heterocycles. The summed E-state index contributed by atoms with van der Waals surface area (Å²) >= 11 is 0. The molecule has 3 rings (SSSR count). The number of amides is 1. The summed E-state index contributed by atoms with van der Waals surface area (Å²) in [6.07, 6.45) is -2.75. The molecule has 2 aromatic carbocycles. The number of carboxylic acids is 1. The van der Waals surface area contributed by atoms with Crippen molar-refractivity contribution in [2.24, 2.45) is 11.1 Å². The van der Waals surface area contributed by atoms with E-state index >= 15 is 0 Å². The van der Waals surface area contributed by atoms with Gasteiger partial charge in [-0.1, -0.05) is 51.1 Å². The number of esters is 1. The molecule has 45 heavy (non-hydrogen) atoms. The summed E-state index contributed by atoms with van der Waals surface area (Å²) in [5.41, 5.74) is 7.84. The van der Waals surface area contributed by atoms with E-state index < -0.39 is 41.2 Å². The van der Waals surface area contributed by atoms with Gasteiger partial charge in [0.2, 0.25) is 5.91 Å². The molecule has 0 aliphatic rings. The van der Waals surface area contributed by atoms with Gasteiger partial charge in [0.05, 0.1) is 19.6 Å². The first-order valence-corrected chi connectivity index (χ1v) is 14.1. The molecule has 1 amide bonds. The second-order valence-electron chi connectivity index (χ2n) is 11.3. The number of hydrogen-bond donors (Lipinski definition) is 2. The standard InChI is InChI=1S/C30H37F2N3O3.C2HF3O2/c1-30(2,3)29(35(16-8-15-33)27(36)13-14-28(37)38-4)26-17-22(24-18-23(31)11-12-25(24)32)20-34(26)19-21-9-6-5-7-10-21;3-2(4,5)1(6)7/h5-7,9-12,17-18,20,29H,8,13-16,19,33H2,1-4H3;(H,6,7)/t29-;/m0./s1. The molecule has 0 radical (unpaired) electrons. The lowest BCUT2D eigenvalue weighted by Gasteiger charge is -2.41. The molecular weight excluding hydrogens is 601 g/mol. The van der Waals surface area contributed by atoms with Crippen LogP contribution in [0.2, 0.25) is 0 Å². The minimum atomic E-state index is -5.08. The number of carboxylic acid groups (broad SMARTS) is 1. The predicted molar refractivity (Wildman–Crippen MR) is 158 cm³/mol. The lowest BCUT2D eigenvalue weighted by atomic mass is 9.82. The van der Waals surface area contributed by atoms with Gasteiger partial charge in [-0.3, -0.25) is 9.59 Å². The van der Waals surface area contributed by atoms with Crippen LogP contribution in [0.3, 0.4) is 0 Å². The maximum atomic E-state index is 14.8. The molecule has 0 aliphatic heterocycles. The summed E-state index contributed by atoms with van der Waals surface area (Å²) in [6.45, 7) is 7.34. The van der Waals surface area contributed by atoms with Gasteiger partial charge in [0.15, 0.2) is 0 Å². The molecule has 13 heteroatoms. The molecule has 0 bridgehead atoms. The van der Waals surface area contributed by atoms with Gasteiger partial charge >= 0.3 is 18.1 Å². The van der Waals surface area contributed by atoms with Crippen LogP contribution in [0.25, 0.3) is 11.1 Å². The van der Waals surface area contributed by atoms with Gasteiger partial charge in [-0.2, -0.15) is 13.2 Å². The fraction of sp³-hybridized carbons (Fsp3) is 0.406. The first-order chi connectivity index (χ1) is 21.0. The number of carbonyl (C=O) groups excluding carboxylic acids is 2. The van der Waals surface area contributed by atoms with E-state index in [1.54, 1.807) is 11.1 Å². The predicted octanol–water partition coefficient (Wildman–Crippen LogP) is 6.33. The van der Waals surface area contributed by atoms with Gasteiger partial charge in [0.25, 0.3) is 0 Å². The number of aliphatic carboxylic acids is 1. The van der Waals surface area contributed by atoms with Crippen LogP contribution >= 0.6 is 0 Å². The minimum Gasteiger partial charge on any atom is -0.475 e. The number of benzene rings is 2. The number of alkyl halides is 3. The third kappa shape index (κ3) is 11.0. The number of ether oxygens (including phenoxy) is 1. The first kappa shape index (κ1) is 36.9. The second-order valence-corrected chi connectivity index (χ2v) is 11.3. The number of carbonyl (C=O) groups is 3. The molecular formula is C32H38F5N3O5. The van der Waals surface area contributed by atoms with Gasteiger partial charge in [-0.25, -0.2) is 13.6 Å². The van der Waals surface area contributed by atoms with Crippen LogP contribution in [0.5, 0.6) is 0 Å². The van der Waals surface area contributed by atoms with Crippen LogP contribution in [-0.2, 0) is 25.7 Å². The average Bonchev–Trinajstić information content (AvgIpc) is 3.36. The lowest BCUT2D eigenvalue weighted by Crippen LogP contribution is -2.43. The van der Waals surface area contributed by atoms with Crippen LogP contribution in [-0.4, -0.2) is 58.8 Å². The molecule has 3 N–H and O–H groups in total. The number of aromatic nitrogens is 1. The Kier molecular flexibility index (Phi) is 13.3. The Morgan fingerprint density at radius 2 is 1.62 bits per heavy atom. The van der Waals surface area contributed by atoms with E-state index in [9.17, 15) is 31.5 Å². The van der Waals surface area contributed by atoms with Crippen molar-refractivity contribution in [3.63, 3.8) is 0 Å².